The summed E-state index contributed by atoms with van der Waals surface area (Å²) >= 11 is 5.85. The number of hydrogen-bond acceptors (Lipinski definition) is 3. The summed E-state index contributed by atoms with van der Waals surface area (Å²) < 4.78 is 30.9. The molecule has 0 amide bonds. The number of halogens is 3. The summed E-state index contributed by atoms with van der Waals surface area (Å²) in [6, 6.07) is 6.30. The lowest BCUT2D eigenvalue weighted by molar-refractivity contribution is 0.448. The maximum Gasteiger partial charge on any atom is 0.239 e. The zero-order chi connectivity index (χ0) is 13.1. The fraction of sp³-hybridized carbons (Fsp3) is 0. The molecule has 0 aliphatic rings. The molecule has 0 N–H and O–H groups in total. The average molecular weight is 267 g/mol. The number of aromatic nitrogens is 1. The number of rotatable bonds is 2. The minimum atomic E-state index is -1.04. The molecule has 0 saturated heterocycles. The second-order valence-electron chi connectivity index (χ2n) is 3.27. The monoisotopic (exact) mass is 266 g/mol. The van der Waals surface area contributed by atoms with Gasteiger partial charge in [0.1, 0.15) is 16.8 Å². The van der Waals surface area contributed by atoms with Crippen LogP contribution >= 0.6 is 11.6 Å². The van der Waals surface area contributed by atoms with Gasteiger partial charge in [0.25, 0.3) is 0 Å². The van der Waals surface area contributed by atoms with E-state index in [0.29, 0.717) is 0 Å². The van der Waals surface area contributed by atoms with E-state index >= 15 is 0 Å². The minimum Gasteiger partial charge on any atom is -0.437 e. The van der Waals surface area contributed by atoms with Gasteiger partial charge < -0.3 is 4.74 Å². The second kappa shape index (κ2) is 4.98. The zero-order valence-electron chi connectivity index (χ0n) is 8.82. The standard InChI is InChI=1S/C12H5ClF2N2O/c13-11-7(6-16)3-4-17-12(11)18-8-1-2-9(14)10(15)5-8/h1-5H. The smallest absolute Gasteiger partial charge is 0.239 e. The Balaban J connectivity index is 2.35. The number of nitrogens with zero attached hydrogens (tertiary/aromatic N) is 2. The van der Waals surface area contributed by atoms with E-state index in [2.05, 4.69) is 4.98 Å². The van der Waals surface area contributed by atoms with Crippen LogP contribution in [0.1, 0.15) is 5.56 Å². The van der Waals surface area contributed by atoms with Crippen LogP contribution in [0, 0.1) is 23.0 Å². The lowest BCUT2D eigenvalue weighted by atomic mass is 10.3. The van der Waals surface area contributed by atoms with Gasteiger partial charge in [0, 0.05) is 12.3 Å². The van der Waals surface area contributed by atoms with Crippen LogP contribution in [0.2, 0.25) is 5.02 Å². The molecular formula is C12H5ClF2N2O. The van der Waals surface area contributed by atoms with Gasteiger partial charge in [-0.3, -0.25) is 0 Å². The van der Waals surface area contributed by atoms with E-state index in [9.17, 15) is 8.78 Å². The van der Waals surface area contributed by atoms with E-state index < -0.39 is 11.6 Å². The number of ether oxygens (including phenoxy) is 1. The molecule has 1 heterocycles. The highest BCUT2D eigenvalue weighted by Crippen LogP contribution is 2.29. The summed E-state index contributed by atoms with van der Waals surface area (Å²) in [4.78, 5) is 3.81. The maximum absolute atomic E-state index is 13.0. The van der Waals surface area contributed by atoms with E-state index in [1.807, 2.05) is 6.07 Å². The molecule has 0 aliphatic heterocycles. The first-order valence-corrected chi connectivity index (χ1v) is 5.17. The molecule has 18 heavy (non-hydrogen) atoms. The predicted molar refractivity (Wildman–Crippen MR) is 60.4 cm³/mol. The fourth-order valence-electron chi connectivity index (χ4n) is 1.23. The van der Waals surface area contributed by atoms with Crippen LogP contribution in [0.3, 0.4) is 0 Å². The Kier molecular flexibility index (Phi) is 3.40. The lowest BCUT2D eigenvalue weighted by Crippen LogP contribution is -1.92. The fourth-order valence-corrected chi connectivity index (χ4v) is 1.43. The molecule has 0 aliphatic carbocycles. The Morgan fingerprint density at radius 1 is 1.22 bits per heavy atom. The molecule has 3 nitrogen and oxygen atoms in total. The van der Waals surface area contributed by atoms with Crippen molar-refractivity contribution >= 4 is 11.6 Å². The molecule has 2 rings (SSSR count). The third-order valence-electron chi connectivity index (χ3n) is 2.08. The van der Waals surface area contributed by atoms with Crippen LogP contribution in [0.15, 0.2) is 30.5 Å². The van der Waals surface area contributed by atoms with E-state index in [1.54, 1.807) is 0 Å². The van der Waals surface area contributed by atoms with Crippen LogP contribution in [-0.2, 0) is 0 Å². The van der Waals surface area contributed by atoms with Gasteiger partial charge >= 0.3 is 0 Å². The van der Waals surface area contributed by atoms with Gasteiger partial charge in [0.15, 0.2) is 11.6 Å². The molecule has 0 saturated carbocycles. The number of pyridine rings is 1. The van der Waals surface area contributed by atoms with Gasteiger partial charge in [-0.1, -0.05) is 11.6 Å². The van der Waals surface area contributed by atoms with Gasteiger partial charge in [-0.2, -0.15) is 5.26 Å². The zero-order valence-corrected chi connectivity index (χ0v) is 9.58. The Labute approximate surface area is 106 Å². The van der Waals surface area contributed by atoms with Gasteiger partial charge in [-0.25, -0.2) is 13.8 Å². The summed E-state index contributed by atoms with van der Waals surface area (Å²) in [6.07, 6.45) is 1.33. The van der Waals surface area contributed by atoms with E-state index in [-0.39, 0.29) is 22.2 Å². The largest absolute Gasteiger partial charge is 0.437 e. The molecule has 1 aromatic heterocycles. The quantitative estimate of drug-likeness (QED) is 0.833. The number of nitriles is 1. The van der Waals surface area contributed by atoms with Crippen molar-refractivity contribution in [3.05, 3.63) is 52.7 Å². The molecule has 90 valence electrons. The van der Waals surface area contributed by atoms with Gasteiger partial charge in [-0.15, -0.1) is 0 Å². The molecule has 2 aromatic rings. The van der Waals surface area contributed by atoms with Crippen molar-refractivity contribution in [1.29, 1.82) is 5.26 Å². The molecule has 0 bridgehead atoms. The van der Waals surface area contributed by atoms with Crippen LogP contribution < -0.4 is 4.74 Å². The first-order chi connectivity index (χ1) is 8.61. The van der Waals surface area contributed by atoms with Crippen LogP contribution in [0.5, 0.6) is 11.6 Å². The Morgan fingerprint density at radius 3 is 2.67 bits per heavy atom. The highest BCUT2D eigenvalue weighted by molar-refractivity contribution is 6.33. The normalized spacial score (nSPS) is 9.89. The molecule has 0 radical (unpaired) electrons. The van der Waals surface area contributed by atoms with Gasteiger partial charge in [0.05, 0.1) is 5.56 Å². The molecular weight excluding hydrogens is 262 g/mol. The summed E-state index contributed by atoms with van der Waals surface area (Å²) in [5.41, 5.74) is 0.184. The van der Waals surface area contributed by atoms with Crippen LogP contribution in [0.4, 0.5) is 8.78 Å². The highest BCUT2D eigenvalue weighted by Gasteiger charge is 2.11. The molecule has 6 heteroatoms. The van der Waals surface area contributed by atoms with Crippen molar-refractivity contribution in [2.45, 2.75) is 0 Å². The molecule has 0 spiro atoms. The Bertz CT molecular complexity index is 640. The van der Waals surface area contributed by atoms with E-state index in [4.69, 9.17) is 21.6 Å². The summed E-state index contributed by atoms with van der Waals surface area (Å²) in [6.45, 7) is 0. The number of benzene rings is 1. The second-order valence-corrected chi connectivity index (χ2v) is 3.65. The van der Waals surface area contributed by atoms with Crippen LogP contribution in [-0.4, -0.2) is 4.98 Å². The summed E-state index contributed by atoms with van der Waals surface area (Å²) in [5.74, 6) is -2.02. The predicted octanol–water partition coefficient (Wildman–Crippen LogP) is 3.68. The minimum absolute atomic E-state index is 0.0183. The van der Waals surface area contributed by atoms with E-state index in [0.717, 1.165) is 12.1 Å². The first kappa shape index (κ1) is 12.3. The lowest BCUT2D eigenvalue weighted by Gasteiger charge is -2.07. The highest BCUT2D eigenvalue weighted by atomic mass is 35.5. The van der Waals surface area contributed by atoms with E-state index in [1.165, 1.54) is 18.3 Å². The Hall–Kier alpha value is -2.19. The summed E-state index contributed by atoms with van der Waals surface area (Å²) in [5, 5.41) is 8.78. The average Bonchev–Trinajstić information content (AvgIpc) is 2.36. The SMILES string of the molecule is N#Cc1ccnc(Oc2ccc(F)c(F)c2)c1Cl. The molecule has 0 atom stereocenters. The van der Waals surface area contributed by atoms with Crippen molar-refractivity contribution in [3.63, 3.8) is 0 Å². The Morgan fingerprint density at radius 2 is 2.00 bits per heavy atom. The van der Waals surface area contributed by atoms with Gasteiger partial charge in [0.2, 0.25) is 5.88 Å². The van der Waals surface area contributed by atoms with Gasteiger partial charge in [-0.05, 0) is 18.2 Å². The van der Waals surface area contributed by atoms with Crippen molar-refractivity contribution in [1.82, 2.24) is 4.98 Å². The topological polar surface area (TPSA) is 45.9 Å². The van der Waals surface area contributed by atoms with Crippen LogP contribution in [0.25, 0.3) is 0 Å². The third kappa shape index (κ3) is 2.39. The van der Waals surface area contributed by atoms with Crippen molar-refractivity contribution < 1.29 is 13.5 Å². The first-order valence-electron chi connectivity index (χ1n) is 4.79. The third-order valence-corrected chi connectivity index (χ3v) is 2.45. The molecule has 0 fully saturated rings. The molecule has 1 aromatic carbocycles. The summed E-state index contributed by atoms with van der Waals surface area (Å²) in [7, 11) is 0. The van der Waals surface area contributed by atoms with Crippen molar-refractivity contribution in [2.75, 3.05) is 0 Å². The number of hydrogen-bond donors (Lipinski definition) is 0. The molecule has 0 unspecified atom stereocenters. The van der Waals surface area contributed by atoms with Crippen molar-refractivity contribution in [3.8, 4) is 17.7 Å². The van der Waals surface area contributed by atoms with Crippen molar-refractivity contribution in [2.24, 2.45) is 0 Å². The maximum atomic E-state index is 13.0.